The minimum absolute atomic E-state index is 0.381. The SMILES string of the molecule is C=C1/C=C\C=C/CC2(C/C=c3/cccc/c3=C/C(=C)c3cc(-c4ccc(C)cc4)ccc32)c2ccccc2O1. The average Bonchev–Trinajstić information content (AvgIpc) is 3.00. The Hall–Kier alpha value is -4.62. The van der Waals surface area contributed by atoms with Gasteiger partial charge in [0.25, 0.3) is 0 Å². The minimum Gasteiger partial charge on any atom is -0.458 e. The maximum Gasteiger partial charge on any atom is 0.131 e. The number of para-hydroxylation sites is 1. The molecule has 1 aliphatic heterocycles. The lowest BCUT2D eigenvalue weighted by Gasteiger charge is -2.37. The third kappa shape index (κ3) is 4.73. The zero-order valence-corrected chi connectivity index (χ0v) is 22.4. The Kier molecular flexibility index (Phi) is 6.50. The van der Waals surface area contributed by atoms with Crippen molar-refractivity contribution in [2.75, 3.05) is 0 Å². The zero-order valence-electron chi connectivity index (χ0n) is 22.4. The molecule has 1 atom stereocenters. The van der Waals surface area contributed by atoms with E-state index in [4.69, 9.17) is 4.74 Å². The topological polar surface area (TPSA) is 9.23 Å². The van der Waals surface area contributed by atoms with Gasteiger partial charge in [0.05, 0.1) is 0 Å². The Bertz CT molecular complexity index is 1760. The fraction of sp³-hybridized carbons (Fsp3) is 0.105. The van der Waals surface area contributed by atoms with Crippen LogP contribution < -0.4 is 15.2 Å². The lowest BCUT2D eigenvalue weighted by Crippen LogP contribution is -2.30. The van der Waals surface area contributed by atoms with Crippen LogP contribution in [0.4, 0.5) is 0 Å². The molecule has 1 heteroatoms. The Balaban J connectivity index is 1.68. The number of rotatable bonds is 1. The number of aryl methyl sites for hydroxylation is 1. The van der Waals surface area contributed by atoms with Crippen LogP contribution in [0.25, 0.3) is 28.9 Å². The van der Waals surface area contributed by atoms with Crippen molar-refractivity contribution in [3.8, 4) is 16.9 Å². The van der Waals surface area contributed by atoms with Crippen LogP contribution in [-0.2, 0) is 5.41 Å². The molecule has 1 nitrogen and oxygen atoms in total. The summed E-state index contributed by atoms with van der Waals surface area (Å²) in [7, 11) is 0. The van der Waals surface area contributed by atoms with E-state index in [2.05, 4.69) is 129 Å². The highest BCUT2D eigenvalue weighted by molar-refractivity contribution is 5.91. The van der Waals surface area contributed by atoms with Crippen LogP contribution >= 0.6 is 0 Å². The highest BCUT2D eigenvalue weighted by atomic mass is 16.5. The van der Waals surface area contributed by atoms with Gasteiger partial charge in [-0.05, 0) is 82.3 Å². The molecule has 1 aliphatic carbocycles. The summed E-state index contributed by atoms with van der Waals surface area (Å²) in [4.78, 5) is 0. The molecule has 0 amide bonds. The molecule has 0 N–H and O–H groups in total. The molecule has 4 aromatic carbocycles. The lowest BCUT2D eigenvalue weighted by atomic mass is 9.67. The molecular weight excluding hydrogens is 472 g/mol. The van der Waals surface area contributed by atoms with Crippen LogP contribution in [0.2, 0.25) is 0 Å². The predicted octanol–water partition coefficient (Wildman–Crippen LogP) is 8.03. The summed E-state index contributed by atoms with van der Waals surface area (Å²) < 4.78 is 6.36. The lowest BCUT2D eigenvalue weighted by molar-refractivity contribution is 0.420. The third-order valence-corrected chi connectivity index (χ3v) is 7.90. The first-order valence-corrected chi connectivity index (χ1v) is 13.5. The monoisotopic (exact) mass is 504 g/mol. The van der Waals surface area contributed by atoms with Gasteiger partial charge in [-0.15, -0.1) is 0 Å². The van der Waals surface area contributed by atoms with E-state index in [-0.39, 0.29) is 5.41 Å². The smallest absolute Gasteiger partial charge is 0.131 e. The highest BCUT2D eigenvalue weighted by Gasteiger charge is 2.37. The van der Waals surface area contributed by atoms with E-state index in [0.29, 0.717) is 5.76 Å². The van der Waals surface area contributed by atoms with E-state index >= 15 is 0 Å². The van der Waals surface area contributed by atoms with Gasteiger partial charge in [0, 0.05) is 11.0 Å². The van der Waals surface area contributed by atoms with Gasteiger partial charge in [-0.2, -0.15) is 0 Å². The summed E-state index contributed by atoms with van der Waals surface area (Å²) in [6, 6.07) is 32.6. The molecule has 1 spiro atoms. The quantitative estimate of drug-likeness (QED) is 0.255. The van der Waals surface area contributed by atoms with Gasteiger partial charge in [-0.1, -0.05) is 122 Å². The third-order valence-electron chi connectivity index (χ3n) is 7.90. The van der Waals surface area contributed by atoms with E-state index in [0.717, 1.165) is 35.3 Å². The molecule has 6 rings (SSSR count). The van der Waals surface area contributed by atoms with E-state index in [1.165, 1.54) is 32.7 Å². The van der Waals surface area contributed by atoms with Crippen molar-refractivity contribution in [2.24, 2.45) is 0 Å². The van der Waals surface area contributed by atoms with Crippen molar-refractivity contribution < 1.29 is 4.74 Å². The van der Waals surface area contributed by atoms with Gasteiger partial charge in [0.1, 0.15) is 11.5 Å². The first-order valence-electron chi connectivity index (χ1n) is 13.5. The summed E-state index contributed by atoms with van der Waals surface area (Å²) in [5.41, 5.74) is 7.83. The number of hydrogen-bond acceptors (Lipinski definition) is 1. The van der Waals surface area contributed by atoms with Crippen molar-refractivity contribution >= 4 is 17.7 Å². The van der Waals surface area contributed by atoms with Crippen LogP contribution in [0.5, 0.6) is 5.75 Å². The second-order valence-electron chi connectivity index (χ2n) is 10.5. The Morgan fingerprint density at radius 3 is 2.31 bits per heavy atom. The normalized spacial score (nSPS) is 21.7. The molecule has 190 valence electrons. The second kappa shape index (κ2) is 10.3. The van der Waals surface area contributed by atoms with Crippen molar-refractivity contribution in [3.63, 3.8) is 0 Å². The first-order chi connectivity index (χ1) is 19.0. The summed E-state index contributed by atoms with van der Waals surface area (Å²) in [6.45, 7) is 10.9. The van der Waals surface area contributed by atoms with Crippen molar-refractivity contribution in [1.29, 1.82) is 0 Å². The molecule has 0 bridgehead atoms. The molecular formula is C38H32O. The van der Waals surface area contributed by atoms with Crippen molar-refractivity contribution in [1.82, 2.24) is 0 Å². The van der Waals surface area contributed by atoms with E-state index in [1.54, 1.807) is 0 Å². The number of fused-ring (bicyclic) bond motifs is 5. The van der Waals surface area contributed by atoms with Crippen LogP contribution in [-0.4, -0.2) is 0 Å². The number of benzene rings is 4. The van der Waals surface area contributed by atoms with Gasteiger partial charge < -0.3 is 4.74 Å². The molecule has 1 heterocycles. The predicted molar refractivity (Wildman–Crippen MR) is 165 cm³/mol. The summed E-state index contributed by atoms with van der Waals surface area (Å²) in [5, 5.41) is 2.40. The van der Waals surface area contributed by atoms with Gasteiger partial charge in [-0.25, -0.2) is 0 Å². The molecule has 0 saturated carbocycles. The van der Waals surface area contributed by atoms with Crippen molar-refractivity contribution in [2.45, 2.75) is 25.2 Å². The number of hydrogen-bond donors (Lipinski definition) is 0. The Morgan fingerprint density at radius 1 is 0.718 bits per heavy atom. The molecule has 0 aromatic heterocycles. The Labute approximate surface area is 231 Å². The largest absolute Gasteiger partial charge is 0.458 e. The van der Waals surface area contributed by atoms with Crippen LogP contribution in [0.1, 0.15) is 35.1 Å². The van der Waals surface area contributed by atoms with Crippen LogP contribution in [0, 0.1) is 6.92 Å². The molecule has 0 fully saturated rings. The zero-order chi connectivity index (χ0) is 26.8. The summed E-state index contributed by atoms with van der Waals surface area (Å²) >= 11 is 0. The second-order valence-corrected chi connectivity index (χ2v) is 10.5. The van der Waals surface area contributed by atoms with Crippen LogP contribution in [0.3, 0.4) is 0 Å². The number of ether oxygens (including phenoxy) is 1. The van der Waals surface area contributed by atoms with Crippen molar-refractivity contribution in [3.05, 3.63) is 167 Å². The van der Waals surface area contributed by atoms with Crippen LogP contribution in [0.15, 0.2) is 134 Å². The molecule has 39 heavy (non-hydrogen) atoms. The summed E-state index contributed by atoms with van der Waals surface area (Å²) in [6.07, 6.45) is 14.5. The first kappa shape index (κ1) is 24.7. The standard InChI is InChI=1S/C38H32O/c1-27-16-18-31(19-17-27)33-20-21-35-34(26-33)28(2)25-32-13-7-6-12-30(32)22-24-38(35)23-10-4-5-11-29(3)39-37-15-9-8-14-36(37)38/h4-22,25-26H,2-3,23-24H2,1H3/b10-4-,11-5-,30-22-,32-25-. The molecule has 2 aliphatic rings. The summed E-state index contributed by atoms with van der Waals surface area (Å²) in [5.74, 6) is 1.46. The Morgan fingerprint density at radius 2 is 1.46 bits per heavy atom. The van der Waals surface area contributed by atoms with Gasteiger partial charge in [0.15, 0.2) is 0 Å². The number of allylic oxidation sites excluding steroid dienone is 5. The van der Waals surface area contributed by atoms with Gasteiger partial charge >= 0.3 is 0 Å². The molecule has 0 radical (unpaired) electrons. The minimum atomic E-state index is -0.381. The maximum atomic E-state index is 6.36. The molecule has 1 unspecified atom stereocenters. The molecule has 0 saturated heterocycles. The maximum absolute atomic E-state index is 6.36. The fourth-order valence-corrected chi connectivity index (χ4v) is 5.84. The highest BCUT2D eigenvalue weighted by Crippen LogP contribution is 2.48. The fourth-order valence-electron chi connectivity index (χ4n) is 5.84. The van der Waals surface area contributed by atoms with E-state index in [1.807, 2.05) is 18.2 Å². The van der Waals surface area contributed by atoms with Gasteiger partial charge in [0.2, 0.25) is 0 Å². The van der Waals surface area contributed by atoms with E-state index in [9.17, 15) is 0 Å². The molecule has 4 aromatic rings. The van der Waals surface area contributed by atoms with Gasteiger partial charge in [-0.3, -0.25) is 0 Å². The average molecular weight is 505 g/mol. The van der Waals surface area contributed by atoms with E-state index < -0.39 is 0 Å².